The molecule has 0 aromatic carbocycles. The number of carbonyl (C=O) groups excluding carboxylic acids is 3. The number of aromatic nitrogens is 3. The molecule has 2 atom stereocenters. The molecule has 6 rings (SSSR count). The zero-order chi connectivity index (χ0) is 26.9. The van der Waals surface area contributed by atoms with Gasteiger partial charge in [-0.1, -0.05) is 6.58 Å². The maximum Gasteiger partial charge on any atom is 0.331 e. The van der Waals surface area contributed by atoms with Gasteiger partial charge in [-0.2, -0.15) is 0 Å². The van der Waals surface area contributed by atoms with Crippen LogP contribution in [0.15, 0.2) is 67.8 Å². The van der Waals surface area contributed by atoms with Gasteiger partial charge in [0.2, 0.25) is 11.8 Å². The number of thiophene rings is 1. The molecule has 0 spiro atoms. The quantitative estimate of drug-likeness (QED) is 0.293. The van der Waals surface area contributed by atoms with E-state index < -0.39 is 6.03 Å². The number of rotatable bonds is 7. The van der Waals surface area contributed by atoms with E-state index in [4.69, 9.17) is 4.74 Å². The van der Waals surface area contributed by atoms with Crippen LogP contribution in [-0.4, -0.2) is 44.9 Å². The number of urea groups is 1. The van der Waals surface area contributed by atoms with Crippen molar-refractivity contribution in [2.24, 2.45) is 0 Å². The first-order valence-electron chi connectivity index (χ1n) is 12.3. The van der Waals surface area contributed by atoms with Crippen molar-refractivity contribution in [3.05, 3.63) is 72.7 Å². The van der Waals surface area contributed by atoms with Crippen molar-refractivity contribution < 1.29 is 19.1 Å². The van der Waals surface area contributed by atoms with Crippen molar-refractivity contribution in [1.29, 1.82) is 0 Å². The number of hydrogen-bond donors (Lipinski definition) is 3. The van der Waals surface area contributed by atoms with Gasteiger partial charge in [-0.3, -0.25) is 19.5 Å². The third-order valence-corrected chi connectivity index (χ3v) is 7.73. The summed E-state index contributed by atoms with van der Waals surface area (Å²) in [6, 6.07) is 7.83. The second kappa shape index (κ2) is 10.1. The average Bonchev–Trinajstić information content (AvgIpc) is 3.54. The van der Waals surface area contributed by atoms with Crippen LogP contribution in [0.5, 0.6) is 11.6 Å². The number of nitrogens with zero attached hydrogens (tertiary/aromatic N) is 4. The number of anilines is 3. The SMILES string of the molecule is C=CC(=O)N[C@H]1CCC[C@H]1NC(=O)c1sc2nccc3c2c1NC(=O)N3c1ccc(Oc2cccnc2)nc1. The van der Waals surface area contributed by atoms with Crippen molar-refractivity contribution in [3.63, 3.8) is 0 Å². The van der Waals surface area contributed by atoms with E-state index in [1.807, 2.05) is 0 Å². The molecule has 0 bridgehead atoms. The minimum atomic E-state index is -0.429. The summed E-state index contributed by atoms with van der Waals surface area (Å²) < 4.78 is 5.71. The summed E-state index contributed by atoms with van der Waals surface area (Å²) in [5.74, 6) is 0.306. The first-order chi connectivity index (χ1) is 19.0. The van der Waals surface area contributed by atoms with Gasteiger partial charge >= 0.3 is 6.03 Å². The molecule has 4 aromatic rings. The monoisotopic (exact) mass is 541 g/mol. The lowest BCUT2D eigenvalue weighted by Crippen LogP contribution is -2.48. The van der Waals surface area contributed by atoms with Gasteiger partial charge in [-0.25, -0.2) is 14.8 Å². The van der Waals surface area contributed by atoms with Crippen LogP contribution in [0.25, 0.3) is 10.2 Å². The molecule has 1 aliphatic heterocycles. The third kappa shape index (κ3) is 4.66. The molecule has 3 N–H and O–H groups in total. The highest BCUT2D eigenvalue weighted by Gasteiger charge is 2.35. The maximum atomic E-state index is 13.4. The molecular weight excluding hydrogens is 518 g/mol. The number of nitrogens with one attached hydrogen (secondary N) is 3. The Hall–Kier alpha value is -4.84. The topological polar surface area (TPSA) is 138 Å². The van der Waals surface area contributed by atoms with Gasteiger partial charge in [-0.05, 0) is 49.6 Å². The second-order valence-electron chi connectivity index (χ2n) is 9.06. The maximum absolute atomic E-state index is 13.4. The van der Waals surface area contributed by atoms with Gasteiger partial charge in [0.05, 0.1) is 34.8 Å². The summed E-state index contributed by atoms with van der Waals surface area (Å²) in [4.78, 5) is 53.8. The number of amides is 4. The summed E-state index contributed by atoms with van der Waals surface area (Å²) in [6.07, 6.45) is 9.99. The summed E-state index contributed by atoms with van der Waals surface area (Å²) in [7, 11) is 0. The van der Waals surface area contributed by atoms with Crippen LogP contribution in [0.2, 0.25) is 0 Å². The van der Waals surface area contributed by atoms with Gasteiger partial charge in [-0.15, -0.1) is 11.3 Å². The van der Waals surface area contributed by atoms with Crippen LogP contribution in [0, 0.1) is 0 Å². The van der Waals surface area contributed by atoms with E-state index in [0.29, 0.717) is 43.8 Å². The molecule has 1 fully saturated rings. The fraction of sp³-hybridized carbons (Fsp3) is 0.185. The Labute approximate surface area is 226 Å². The van der Waals surface area contributed by atoms with Crippen molar-refractivity contribution in [2.45, 2.75) is 31.3 Å². The minimum absolute atomic E-state index is 0.179. The molecular formula is C27H23N7O4S. The zero-order valence-electron chi connectivity index (χ0n) is 20.6. The third-order valence-electron chi connectivity index (χ3n) is 6.63. The highest BCUT2D eigenvalue weighted by Crippen LogP contribution is 2.45. The van der Waals surface area contributed by atoms with Crippen LogP contribution < -0.4 is 25.6 Å². The number of ether oxygens (including phenoxy) is 1. The lowest BCUT2D eigenvalue weighted by molar-refractivity contribution is -0.117. The van der Waals surface area contributed by atoms with Gasteiger partial charge in [0.15, 0.2) is 0 Å². The molecule has 0 radical (unpaired) electrons. The summed E-state index contributed by atoms with van der Waals surface area (Å²) >= 11 is 1.21. The largest absolute Gasteiger partial charge is 0.437 e. The van der Waals surface area contributed by atoms with Gasteiger partial charge < -0.3 is 20.7 Å². The summed E-state index contributed by atoms with van der Waals surface area (Å²) in [5.41, 5.74) is 1.54. The lowest BCUT2D eigenvalue weighted by atomic mass is 10.1. The van der Waals surface area contributed by atoms with E-state index in [-0.39, 0.29) is 23.9 Å². The lowest BCUT2D eigenvalue weighted by Gasteiger charge is -2.28. The molecule has 0 unspecified atom stereocenters. The minimum Gasteiger partial charge on any atom is -0.437 e. The molecule has 1 aliphatic carbocycles. The predicted molar refractivity (Wildman–Crippen MR) is 147 cm³/mol. The van der Waals surface area contributed by atoms with E-state index in [9.17, 15) is 14.4 Å². The van der Waals surface area contributed by atoms with Crippen LogP contribution in [0.3, 0.4) is 0 Å². The Balaban J connectivity index is 1.27. The summed E-state index contributed by atoms with van der Waals surface area (Å²) in [6.45, 7) is 3.49. The predicted octanol–water partition coefficient (Wildman–Crippen LogP) is 4.52. The average molecular weight is 542 g/mol. The molecule has 5 heterocycles. The fourth-order valence-corrected chi connectivity index (χ4v) is 5.90. The highest BCUT2D eigenvalue weighted by molar-refractivity contribution is 7.21. The zero-order valence-corrected chi connectivity index (χ0v) is 21.4. The molecule has 2 aliphatic rings. The van der Waals surface area contributed by atoms with E-state index in [2.05, 4.69) is 37.5 Å². The molecule has 196 valence electrons. The second-order valence-corrected chi connectivity index (χ2v) is 10.1. The van der Waals surface area contributed by atoms with E-state index in [1.165, 1.54) is 22.3 Å². The van der Waals surface area contributed by atoms with E-state index in [0.717, 1.165) is 19.3 Å². The molecule has 12 heteroatoms. The Morgan fingerprint density at radius 3 is 2.69 bits per heavy atom. The number of pyridine rings is 3. The normalized spacial score (nSPS) is 17.9. The van der Waals surface area contributed by atoms with Gasteiger partial charge in [0, 0.05) is 30.5 Å². The fourth-order valence-electron chi connectivity index (χ4n) is 4.88. The van der Waals surface area contributed by atoms with E-state index >= 15 is 0 Å². The molecule has 4 amide bonds. The number of carbonyl (C=O) groups is 3. The van der Waals surface area contributed by atoms with E-state index in [1.54, 1.807) is 55.1 Å². The first-order valence-corrected chi connectivity index (χ1v) is 13.1. The van der Waals surface area contributed by atoms with Gasteiger partial charge in [0.25, 0.3) is 5.91 Å². The molecule has 4 aromatic heterocycles. The Bertz CT molecular complexity index is 1590. The molecule has 11 nitrogen and oxygen atoms in total. The van der Waals surface area contributed by atoms with Crippen LogP contribution >= 0.6 is 11.3 Å². The Morgan fingerprint density at radius 2 is 1.95 bits per heavy atom. The molecule has 0 saturated heterocycles. The van der Waals surface area contributed by atoms with Crippen molar-refractivity contribution in [1.82, 2.24) is 25.6 Å². The Morgan fingerprint density at radius 1 is 1.10 bits per heavy atom. The summed E-state index contributed by atoms with van der Waals surface area (Å²) in [5, 5.41) is 9.48. The highest BCUT2D eigenvalue weighted by atomic mass is 32.1. The molecule has 1 saturated carbocycles. The number of hydrogen-bond acceptors (Lipinski definition) is 8. The molecule has 39 heavy (non-hydrogen) atoms. The van der Waals surface area contributed by atoms with Gasteiger partial charge in [0.1, 0.15) is 15.5 Å². The Kier molecular flexibility index (Phi) is 6.37. The van der Waals surface area contributed by atoms with Crippen molar-refractivity contribution in [3.8, 4) is 11.6 Å². The first kappa shape index (κ1) is 24.5. The van der Waals surface area contributed by atoms with Crippen molar-refractivity contribution >= 4 is 56.5 Å². The standard InChI is InChI=1S/C27H23N7O4S/c1-2-20(35)31-17-6-3-7-18(17)32-25(36)24-23-22-19(10-12-29-26(22)39-24)34(27(37)33-23)15-8-9-21(30-13-15)38-16-5-4-11-28-14-16/h2,4-5,8-14,17-18H,1,3,6-7H2,(H,31,35)(H,32,36)(H,33,37)/t17-,18+/m0/s1. The van der Waals surface area contributed by atoms with Crippen LogP contribution in [0.4, 0.5) is 21.9 Å². The van der Waals surface area contributed by atoms with Crippen molar-refractivity contribution in [2.75, 3.05) is 10.2 Å². The van der Waals surface area contributed by atoms with Crippen LogP contribution in [0.1, 0.15) is 28.9 Å². The smallest absolute Gasteiger partial charge is 0.331 e. The van der Waals surface area contributed by atoms with Crippen LogP contribution in [-0.2, 0) is 4.79 Å².